The number of ether oxygens (including phenoxy) is 1. The van der Waals surface area contributed by atoms with Crippen LogP contribution < -0.4 is 10.2 Å². The van der Waals surface area contributed by atoms with Gasteiger partial charge in [0, 0.05) is 25.4 Å². The molecule has 2 rings (SSSR count). The summed E-state index contributed by atoms with van der Waals surface area (Å²) in [5, 5.41) is 3.29. The summed E-state index contributed by atoms with van der Waals surface area (Å²) >= 11 is 0. The average Bonchev–Trinajstić information content (AvgIpc) is 2.81. The van der Waals surface area contributed by atoms with Crippen molar-refractivity contribution in [1.29, 1.82) is 0 Å². The van der Waals surface area contributed by atoms with Crippen LogP contribution in [-0.2, 0) is 4.74 Å². The third kappa shape index (κ3) is 2.93. The lowest BCUT2D eigenvalue weighted by atomic mass is 10.2. The zero-order chi connectivity index (χ0) is 13.1. The Morgan fingerprint density at radius 1 is 1.44 bits per heavy atom. The minimum absolute atomic E-state index is 0.185. The molecule has 1 heterocycles. The molecule has 1 aliphatic heterocycles. The normalized spacial score (nSPS) is 19.3. The molecule has 1 aliphatic rings. The van der Waals surface area contributed by atoms with Crippen LogP contribution in [0.2, 0.25) is 0 Å². The Balaban J connectivity index is 2.09. The summed E-state index contributed by atoms with van der Waals surface area (Å²) in [6.07, 6.45) is 0.981. The fourth-order valence-electron chi connectivity index (χ4n) is 2.04. The fraction of sp³-hybridized carbons (Fsp3) is 0.571. The molecule has 0 radical (unpaired) electrons. The van der Waals surface area contributed by atoms with Gasteiger partial charge in [0.2, 0.25) is 0 Å². The van der Waals surface area contributed by atoms with Crippen LogP contribution in [0.1, 0.15) is 20.3 Å². The highest BCUT2D eigenvalue weighted by Gasteiger charge is 2.16. The van der Waals surface area contributed by atoms with Crippen LogP contribution in [0.4, 0.5) is 15.8 Å². The van der Waals surface area contributed by atoms with Gasteiger partial charge in [-0.05, 0) is 38.5 Å². The molecule has 0 aromatic heterocycles. The van der Waals surface area contributed by atoms with Gasteiger partial charge in [0.1, 0.15) is 5.82 Å². The maximum Gasteiger partial charge on any atom is 0.148 e. The average molecular weight is 252 g/mol. The summed E-state index contributed by atoms with van der Waals surface area (Å²) in [5.41, 5.74) is 1.46. The molecule has 1 N–H and O–H groups in total. The van der Waals surface area contributed by atoms with Gasteiger partial charge in [0.05, 0.1) is 18.3 Å². The van der Waals surface area contributed by atoms with E-state index in [4.69, 9.17) is 4.74 Å². The standard InChI is InChI=1S/C14H21FN2O/c1-10(2)17(3)14-5-4-11(8-13(14)15)16-12-6-7-18-9-12/h4-5,8,10,12,16H,6-7,9H2,1-3H3. The SMILES string of the molecule is CC(C)N(C)c1ccc(NC2CCOC2)cc1F. The molecule has 1 unspecified atom stereocenters. The van der Waals surface area contributed by atoms with Gasteiger partial charge in [-0.3, -0.25) is 0 Å². The molecule has 1 fully saturated rings. The van der Waals surface area contributed by atoms with Crippen LogP contribution in [0.5, 0.6) is 0 Å². The highest BCUT2D eigenvalue weighted by Crippen LogP contribution is 2.24. The second-order valence-corrected chi connectivity index (χ2v) is 5.08. The minimum Gasteiger partial charge on any atom is -0.380 e. The molecule has 1 aromatic carbocycles. The second kappa shape index (κ2) is 5.57. The Labute approximate surface area is 108 Å². The molecule has 1 aromatic rings. The van der Waals surface area contributed by atoms with Crippen molar-refractivity contribution in [3.8, 4) is 0 Å². The Morgan fingerprint density at radius 3 is 2.78 bits per heavy atom. The maximum absolute atomic E-state index is 14.0. The molecule has 0 saturated carbocycles. The van der Waals surface area contributed by atoms with E-state index in [-0.39, 0.29) is 11.9 Å². The van der Waals surface area contributed by atoms with E-state index in [0.29, 0.717) is 18.3 Å². The summed E-state index contributed by atoms with van der Waals surface area (Å²) in [6.45, 7) is 5.58. The maximum atomic E-state index is 14.0. The first-order valence-electron chi connectivity index (χ1n) is 6.44. The van der Waals surface area contributed by atoms with E-state index in [1.54, 1.807) is 6.07 Å². The first-order chi connectivity index (χ1) is 8.58. The van der Waals surface area contributed by atoms with Crippen molar-refractivity contribution in [2.75, 3.05) is 30.5 Å². The summed E-state index contributed by atoms with van der Waals surface area (Å²) in [7, 11) is 1.90. The van der Waals surface area contributed by atoms with Gasteiger partial charge in [-0.2, -0.15) is 0 Å². The molecular formula is C14H21FN2O. The number of hydrogen-bond donors (Lipinski definition) is 1. The van der Waals surface area contributed by atoms with Crippen molar-refractivity contribution in [3.05, 3.63) is 24.0 Å². The van der Waals surface area contributed by atoms with Gasteiger partial charge in [0.25, 0.3) is 0 Å². The predicted octanol–water partition coefficient (Wildman–Crippen LogP) is 2.87. The molecule has 4 heteroatoms. The van der Waals surface area contributed by atoms with Gasteiger partial charge >= 0.3 is 0 Å². The molecule has 18 heavy (non-hydrogen) atoms. The minimum atomic E-state index is -0.185. The van der Waals surface area contributed by atoms with Crippen molar-refractivity contribution < 1.29 is 9.13 Å². The summed E-state index contributed by atoms with van der Waals surface area (Å²) in [4.78, 5) is 1.93. The Bertz CT molecular complexity index is 403. The smallest absolute Gasteiger partial charge is 0.148 e. The molecule has 0 spiro atoms. The lowest BCUT2D eigenvalue weighted by Gasteiger charge is -2.24. The van der Waals surface area contributed by atoms with E-state index < -0.39 is 0 Å². The van der Waals surface area contributed by atoms with Crippen LogP contribution >= 0.6 is 0 Å². The highest BCUT2D eigenvalue weighted by atomic mass is 19.1. The first kappa shape index (κ1) is 13.1. The molecular weight excluding hydrogens is 231 g/mol. The number of benzene rings is 1. The largest absolute Gasteiger partial charge is 0.380 e. The van der Waals surface area contributed by atoms with Crippen molar-refractivity contribution in [2.24, 2.45) is 0 Å². The lowest BCUT2D eigenvalue weighted by molar-refractivity contribution is 0.195. The van der Waals surface area contributed by atoms with E-state index in [1.165, 1.54) is 0 Å². The van der Waals surface area contributed by atoms with E-state index in [0.717, 1.165) is 18.7 Å². The van der Waals surface area contributed by atoms with Gasteiger partial charge in [-0.15, -0.1) is 0 Å². The van der Waals surface area contributed by atoms with Crippen LogP contribution in [0.15, 0.2) is 18.2 Å². The fourth-order valence-corrected chi connectivity index (χ4v) is 2.04. The van der Waals surface area contributed by atoms with Crippen molar-refractivity contribution in [1.82, 2.24) is 0 Å². The molecule has 3 nitrogen and oxygen atoms in total. The lowest BCUT2D eigenvalue weighted by Crippen LogP contribution is -2.26. The number of nitrogens with zero attached hydrogens (tertiary/aromatic N) is 1. The third-order valence-corrected chi connectivity index (χ3v) is 3.40. The molecule has 0 amide bonds. The van der Waals surface area contributed by atoms with Crippen molar-refractivity contribution >= 4 is 11.4 Å². The van der Waals surface area contributed by atoms with Crippen LogP contribution in [0.3, 0.4) is 0 Å². The quantitative estimate of drug-likeness (QED) is 0.891. The third-order valence-electron chi connectivity index (χ3n) is 3.40. The molecule has 1 saturated heterocycles. The van der Waals surface area contributed by atoms with Gasteiger partial charge in [0.15, 0.2) is 0 Å². The van der Waals surface area contributed by atoms with E-state index >= 15 is 0 Å². The van der Waals surface area contributed by atoms with Crippen molar-refractivity contribution in [2.45, 2.75) is 32.4 Å². The van der Waals surface area contributed by atoms with E-state index in [9.17, 15) is 4.39 Å². The van der Waals surface area contributed by atoms with Crippen molar-refractivity contribution in [3.63, 3.8) is 0 Å². The zero-order valence-electron chi connectivity index (χ0n) is 11.2. The highest BCUT2D eigenvalue weighted by molar-refractivity contribution is 5.56. The number of anilines is 2. The number of halogens is 1. The molecule has 0 bridgehead atoms. The van der Waals surface area contributed by atoms with Gasteiger partial charge in [-0.1, -0.05) is 0 Å². The molecule has 0 aliphatic carbocycles. The van der Waals surface area contributed by atoms with E-state index in [2.05, 4.69) is 5.32 Å². The monoisotopic (exact) mass is 252 g/mol. The number of hydrogen-bond acceptors (Lipinski definition) is 3. The Kier molecular flexibility index (Phi) is 4.07. The molecule has 1 atom stereocenters. The van der Waals surface area contributed by atoms with Crippen LogP contribution in [0, 0.1) is 5.82 Å². The number of rotatable bonds is 4. The van der Waals surface area contributed by atoms with E-state index in [1.807, 2.05) is 37.9 Å². The predicted molar refractivity (Wildman–Crippen MR) is 72.8 cm³/mol. The number of nitrogens with one attached hydrogen (secondary N) is 1. The molecule has 100 valence electrons. The Hall–Kier alpha value is -1.29. The zero-order valence-corrected chi connectivity index (χ0v) is 11.2. The second-order valence-electron chi connectivity index (χ2n) is 5.08. The first-order valence-corrected chi connectivity index (χ1v) is 6.44. The van der Waals surface area contributed by atoms with Crippen LogP contribution in [0.25, 0.3) is 0 Å². The summed E-state index contributed by atoms with van der Waals surface area (Å²) in [6, 6.07) is 5.90. The summed E-state index contributed by atoms with van der Waals surface area (Å²) in [5.74, 6) is -0.185. The summed E-state index contributed by atoms with van der Waals surface area (Å²) < 4.78 is 19.3. The topological polar surface area (TPSA) is 24.5 Å². The Morgan fingerprint density at radius 2 is 2.22 bits per heavy atom. The van der Waals surface area contributed by atoms with Gasteiger partial charge in [-0.25, -0.2) is 4.39 Å². The van der Waals surface area contributed by atoms with Crippen LogP contribution in [-0.4, -0.2) is 32.3 Å². The van der Waals surface area contributed by atoms with Gasteiger partial charge < -0.3 is 15.0 Å².